The van der Waals surface area contributed by atoms with Gasteiger partial charge >= 0.3 is 0 Å². The maximum Gasteiger partial charge on any atom is 0.226 e. The molecule has 1 atom stereocenters. The van der Waals surface area contributed by atoms with E-state index in [1.165, 1.54) is 0 Å². The largest absolute Gasteiger partial charge is 0.478 e. The fourth-order valence-electron chi connectivity index (χ4n) is 1.19. The van der Waals surface area contributed by atoms with Gasteiger partial charge in [-0.1, -0.05) is 0 Å². The Hall–Kier alpha value is -1.40. The van der Waals surface area contributed by atoms with E-state index >= 15 is 0 Å². The Balaban J connectivity index is 2.60. The molecule has 0 saturated heterocycles. The smallest absolute Gasteiger partial charge is 0.226 e. The number of methoxy groups -OCH3 is 1. The van der Waals surface area contributed by atoms with Gasteiger partial charge in [0.05, 0.1) is 19.3 Å². The number of rotatable bonds is 7. The second kappa shape index (κ2) is 6.97. The van der Waals surface area contributed by atoms with Crippen molar-refractivity contribution in [3.8, 4) is 5.88 Å². The third-order valence-electron chi connectivity index (χ3n) is 1.91. The molecule has 0 fully saturated rings. The molecule has 16 heavy (non-hydrogen) atoms. The van der Waals surface area contributed by atoms with Gasteiger partial charge in [0, 0.05) is 25.9 Å². The van der Waals surface area contributed by atoms with E-state index in [9.17, 15) is 0 Å². The van der Waals surface area contributed by atoms with Crippen LogP contribution in [0, 0.1) is 0 Å². The minimum atomic E-state index is 0.00174. The second-order valence-corrected chi connectivity index (χ2v) is 3.18. The van der Waals surface area contributed by atoms with Crippen LogP contribution in [-0.2, 0) is 4.74 Å². The van der Waals surface area contributed by atoms with Crippen LogP contribution in [0.5, 0.6) is 5.88 Å². The van der Waals surface area contributed by atoms with Crippen molar-refractivity contribution < 1.29 is 9.47 Å². The maximum absolute atomic E-state index is 5.57. The average molecular weight is 226 g/mol. The van der Waals surface area contributed by atoms with Gasteiger partial charge in [0.2, 0.25) is 11.8 Å². The van der Waals surface area contributed by atoms with Gasteiger partial charge in [0.1, 0.15) is 0 Å². The molecular formula is C10H18N4O2. The summed E-state index contributed by atoms with van der Waals surface area (Å²) in [6.07, 6.45) is 1.64. The lowest BCUT2D eigenvalue weighted by molar-refractivity contribution is 0.187. The lowest BCUT2D eigenvalue weighted by Crippen LogP contribution is -2.33. The van der Waals surface area contributed by atoms with Gasteiger partial charge in [0.15, 0.2) is 0 Å². The lowest BCUT2D eigenvalue weighted by Gasteiger charge is -2.15. The number of nitrogens with two attached hydrogens (primary N) is 1. The molecule has 0 aliphatic heterocycles. The molecular weight excluding hydrogens is 208 g/mol. The molecule has 1 rings (SSSR count). The lowest BCUT2D eigenvalue weighted by atomic mass is 10.3. The van der Waals surface area contributed by atoms with E-state index in [1.807, 2.05) is 6.92 Å². The first-order valence-corrected chi connectivity index (χ1v) is 5.21. The SMILES string of the molecule is CCOc1ccnc(NC(CN)COC)n1. The number of ether oxygens (including phenoxy) is 2. The molecule has 6 nitrogen and oxygen atoms in total. The van der Waals surface area contributed by atoms with Crippen LogP contribution >= 0.6 is 0 Å². The highest BCUT2D eigenvalue weighted by atomic mass is 16.5. The molecule has 90 valence electrons. The van der Waals surface area contributed by atoms with Crippen molar-refractivity contribution in [1.82, 2.24) is 9.97 Å². The summed E-state index contributed by atoms with van der Waals surface area (Å²) in [6.45, 7) is 3.45. The van der Waals surface area contributed by atoms with Gasteiger partial charge in [-0.05, 0) is 6.92 Å². The Kier molecular flexibility index (Phi) is 5.52. The molecule has 0 bridgehead atoms. The predicted molar refractivity (Wildman–Crippen MR) is 61.5 cm³/mol. The number of nitrogens with one attached hydrogen (secondary N) is 1. The Morgan fingerprint density at radius 1 is 1.56 bits per heavy atom. The monoisotopic (exact) mass is 226 g/mol. The molecule has 1 aromatic heterocycles. The van der Waals surface area contributed by atoms with Crippen molar-refractivity contribution in [2.75, 3.05) is 32.2 Å². The Morgan fingerprint density at radius 3 is 3.00 bits per heavy atom. The minimum Gasteiger partial charge on any atom is -0.478 e. The third-order valence-corrected chi connectivity index (χ3v) is 1.91. The summed E-state index contributed by atoms with van der Waals surface area (Å²) in [5.41, 5.74) is 5.57. The van der Waals surface area contributed by atoms with Crippen LogP contribution in [-0.4, -0.2) is 42.9 Å². The summed E-state index contributed by atoms with van der Waals surface area (Å²) in [5.74, 6) is 1.05. The molecule has 0 spiro atoms. The van der Waals surface area contributed by atoms with Crippen molar-refractivity contribution in [3.63, 3.8) is 0 Å². The van der Waals surface area contributed by atoms with Gasteiger partial charge < -0.3 is 20.5 Å². The number of aromatic nitrogens is 2. The van der Waals surface area contributed by atoms with Gasteiger partial charge in [-0.3, -0.25) is 0 Å². The fourth-order valence-corrected chi connectivity index (χ4v) is 1.19. The summed E-state index contributed by atoms with van der Waals surface area (Å²) in [4.78, 5) is 8.26. The highest BCUT2D eigenvalue weighted by Gasteiger charge is 2.08. The van der Waals surface area contributed by atoms with Gasteiger partial charge in [-0.15, -0.1) is 0 Å². The predicted octanol–water partition coefficient (Wildman–Crippen LogP) is 0.261. The Bertz CT molecular complexity index is 309. The second-order valence-electron chi connectivity index (χ2n) is 3.18. The summed E-state index contributed by atoms with van der Waals surface area (Å²) >= 11 is 0. The molecule has 0 aromatic carbocycles. The highest BCUT2D eigenvalue weighted by Crippen LogP contribution is 2.08. The van der Waals surface area contributed by atoms with E-state index in [-0.39, 0.29) is 6.04 Å². The van der Waals surface area contributed by atoms with E-state index < -0.39 is 0 Å². The van der Waals surface area contributed by atoms with E-state index in [0.717, 1.165) is 0 Å². The van der Waals surface area contributed by atoms with E-state index in [4.69, 9.17) is 15.2 Å². The highest BCUT2D eigenvalue weighted by molar-refractivity contribution is 5.29. The summed E-state index contributed by atoms with van der Waals surface area (Å²) < 4.78 is 10.3. The van der Waals surface area contributed by atoms with Crippen molar-refractivity contribution in [2.24, 2.45) is 5.73 Å². The van der Waals surface area contributed by atoms with Crippen LogP contribution in [0.4, 0.5) is 5.95 Å². The Labute approximate surface area is 95.2 Å². The molecule has 6 heteroatoms. The molecule has 0 saturated carbocycles. The fraction of sp³-hybridized carbons (Fsp3) is 0.600. The molecule has 0 aliphatic carbocycles. The number of hydrogen-bond donors (Lipinski definition) is 2. The van der Waals surface area contributed by atoms with Crippen LogP contribution in [0.3, 0.4) is 0 Å². The van der Waals surface area contributed by atoms with Crippen LogP contribution in [0.25, 0.3) is 0 Å². The molecule has 0 aliphatic rings. The summed E-state index contributed by atoms with van der Waals surface area (Å²) in [7, 11) is 1.63. The zero-order valence-corrected chi connectivity index (χ0v) is 9.64. The first-order valence-electron chi connectivity index (χ1n) is 5.21. The van der Waals surface area contributed by atoms with Crippen molar-refractivity contribution in [2.45, 2.75) is 13.0 Å². The zero-order valence-electron chi connectivity index (χ0n) is 9.64. The summed E-state index contributed by atoms with van der Waals surface area (Å²) in [5, 5.41) is 3.08. The quantitative estimate of drug-likeness (QED) is 0.694. The molecule has 0 radical (unpaired) electrons. The van der Waals surface area contributed by atoms with Crippen molar-refractivity contribution in [1.29, 1.82) is 0 Å². The minimum absolute atomic E-state index is 0.00174. The van der Waals surface area contributed by atoms with E-state index in [2.05, 4.69) is 15.3 Å². The normalized spacial score (nSPS) is 12.2. The Morgan fingerprint density at radius 2 is 2.38 bits per heavy atom. The third kappa shape index (κ3) is 4.00. The summed E-state index contributed by atoms with van der Waals surface area (Å²) in [6, 6.07) is 1.71. The van der Waals surface area contributed by atoms with Gasteiger partial charge in [-0.2, -0.15) is 4.98 Å². The van der Waals surface area contributed by atoms with Crippen LogP contribution in [0.1, 0.15) is 6.92 Å². The van der Waals surface area contributed by atoms with Gasteiger partial charge in [0.25, 0.3) is 0 Å². The van der Waals surface area contributed by atoms with E-state index in [0.29, 0.717) is 31.6 Å². The molecule has 1 aromatic rings. The average Bonchev–Trinajstić information content (AvgIpc) is 2.29. The molecule has 1 unspecified atom stereocenters. The van der Waals surface area contributed by atoms with Crippen LogP contribution < -0.4 is 15.8 Å². The van der Waals surface area contributed by atoms with Crippen LogP contribution in [0.2, 0.25) is 0 Å². The molecule has 3 N–H and O–H groups in total. The maximum atomic E-state index is 5.57. The van der Waals surface area contributed by atoms with Crippen molar-refractivity contribution in [3.05, 3.63) is 12.3 Å². The first-order chi connectivity index (χ1) is 7.80. The van der Waals surface area contributed by atoms with E-state index in [1.54, 1.807) is 19.4 Å². The van der Waals surface area contributed by atoms with Crippen LogP contribution in [0.15, 0.2) is 12.3 Å². The molecule has 1 heterocycles. The molecule has 0 amide bonds. The number of anilines is 1. The standard InChI is InChI=1S/C10H18N4O2/c1-3-16-9-4-5-12-10(14-9)13-8(6-11)7-15-2/h4-5,8H,3,6-7,11H2,1-2H3,(H,12,13,14). The van der Waals surface area contributed by atoms with Crippen molar-refractivity contribution >= 4 is 5.95 Å². The first kappa shape index (κ1) is 12.7. The number of hydrogen-bond acceptors (Lipinski definition) is 6. The van der Waals surface area contributed by atoms with Gasteiger partial charge in [-0.25, -0.2) is 4.98 Å². The zero-order chi connectivity index (χ0) is 11.8. The number of nitrogens with zero attached hydrogens (tertiary/aromatic N) is 2. The topological polar surface area (TPSA) is 82.3 Å².